The molecular formula is C17H21N3O2S2. The summed E-state index contributed by atoms with van der Waals surface area (Å²) in [6.45, 7) is 3.80. The average molecular weight is 364 g/mol. The standard InChI is InChI=1S/C17H21N3O2S2/c1-10-7-12(8-15(21)18-10)16(22)20-13-3-5-14(6-4-13)24-17-19-11(2)9-23-17/h7-9,13-14H,3-6H2,1-2H3,(H,18,21)(H,20,22). The number of amides is 1. The van der Waals surface area contributed by atoms with Gasteiger partial charge >= 0.3 is 0 Å². The van der Waals surface area contributed by atoms with Crippen molar-refractivity contribution in [2.75, 3.05) is 0 Å². The lowest BCUT2D eigenvalue weighted by Gasteiger charge is -2.28. The van der Waals surface area contributed by atoms with Gasteiger partial charge in [0.05, 0.1) is 0 Å². The van der Waals surface area contributed by atoms with Crippen LogP contribution >= 0.6 is 23.1 Å². The maximum atomic E-state index is 12.3. The van der Waals surface area contributed by atoms with Crippen molar-refractivity contribution < 1.29 is 4.79 Å². The average Bonchev–Trinajstić information content (AvgIpc) is 2.93. The number of carbonyl (C=O) groups excluding carboxylic acids is 1. The Hall–Kier alpha value is -1.60. The number of H-pyrrole nitrogens is 1. The summed E-state index contributed by atoms with van der Waals surface area (Å²) in [5.41, 5.74) is 1.98. The minimum absolute atomic E-state index is 0.157. The molecule has 24 heavy (non-hydrogen) atoms. The number of hydrogen-bond acceptors (Lipinski definition) is 5. The second kappa shape index (κ2) is 7.53. The number of pyridine rings is 1. The number of nitrogens with one attached hydrogen (secondary N) is 2. The molecule has 0 spiro atoms. The zero-order valence-electron chi connectivity index (χ0n) is 13.8. The van der Waals surface area contributed by atoms with Gasteiger partial charge in [-0.25, -0.2) is 4.98 Å². The molecule has 3 rings (SSSR count). The van der Waals surface area contributed by atoms with Crippen molar-refractivity contribution in [2.45, 2.75) is 55.2 Å². The number of thioether (sulfide) groups is 1. The molecule has 0 aliphatic heterocycles. The normalized spacial score (nSPS) is 20.8. The summed E-state index contributed by atoms with van der Waals surface area (Å²) < 4.78 is 1.14. The maximum Gasteiger partial charge on any atom is 0.251 e. The molecule has 1 aliphatic carbocycles. The molecule has 2 N–H and O–H groups in total. The summed E-state index contributed by atoms with van der Waals surface area (Å²) in [5.74, 6) is -0.157. The molecule has 0 saturated heterocycles. The summed E-state index contributed by atoms with van der Waals surface area (Å²) in [6.07, 6.45) is 4.08. The Kier molecular flexibility index (Phi) is 5.40. The highest BCUT2D eigenvalue weighted by atomic mass is 32.2. The molecule has 2 aromatic rings. The third-order valence-electron chi connectivity index (χ3n) is 4.12. The van der Waals surface area contributed by atoms with Crippen LogP contribution in [-0.2, 0) is 0 Å². The topological polar surface area (TPSA) is 74.8 Å². The van der Waals surface area contributed by atoms with Crippen LogP contribution in [0.1, 0.15) is 47.4 Å². The monoisotopic (exact) mass is 363 g/mol. The van der Waals surface area contributed by atoms with E-state index in [4.69, 9.17) is 0 Å². The summed E-state index contributed by atoms with van der Waals surface area (Å²) >= 11 is 3.56. The van der Waals surface area contributed by atoms with Crippen LogP contribution in [0.4, 0.5) is 0 Å². The molecule has 5 nitrogen and oxygen atoms in total. The summed E-state index contributed by atoms with van der Waals surface area (Å²) in [7, 11) is 0. The number of carbonyl (C=O) groups is 1. The molecule has 1 amide bonds. The van der Waals surface area contributed by atoms with E-state index < -0.39 is 0 Å². The van der Waals surface area contributed by atoms with Crippen molar-refractivity contribution in [3.8, 4) is 0 Å². The Morgan fingerprint density at radius 3 is 2.67 bits per heavy atom. The highest BCUT2D eigenvalue weighted by molar-refractivity contribution is 8.01. The number of aromatic amines is 1. The molecule has 0 aromatic carbocycles. The molecule has 0 radical (unpaired) electrons. The van der Waals surface area contributed by atoms with Crippen LogP contribution in [0.3, 0.4) is 0 Å². The van der Waals surface area contributed by atoms with E-state index >= 15 is 0 Å². The van der Waals surface area contributed by atoms with Gasteiger partial charge in [-0.2, -0.15) is 0 Å². The largest absolute Gasteiger partial charge is 0.349 e. The fourth-order valence-electron chi connectivity index (χ4n) is 2.94. The van der Waals surface area contributed by atoms with Crippen molar-refractivity contribution in [3.05, 3.63) is 44.8 Å². The molecule has 1 saturated carbocycles. The second-order valence-electron chi connectivity index (χ2n) is 6.24. The first-order chi connectivity index (χ1) is 11.5. The summed E-state index contributed by atoms with van der Waals surface area (Å²) in [6, 6.07) is 3.25. The van der Waals surface area contributed by atoms with Gasteiger partial charge in [-0.15, -0.1) is 11.3 Å². The van der Waals surface area contributed by atoms with E-state index in [0.29, 0.717) is 16.5 Å². The Balaban J connectivity index is 1.51. The molecule has 7 heteroatoms. The van der Waals surface area contributed by atoms with E-state index in [9.17, 15) is 9.59 Å². The van der Waals surface area contributed by atoms with Crippen LogP contribution in [0.15, 0.2) is 26.6 Å². The van der Waals surface area contributed by atoms with Crippen LogP contribution in [-0.4, -0.2) is 27.2 Å². The molecule has 2 heterocycles. The van der Waals surface area contributed by atoms with Crippen molar-refractivity contribution in [1.29, 1.82) is 0 Å². The van der Waals surface area contributed by atoms with Gasteiger partial charge < -0.3 is 10.3 Å². The van der Waals surface area contributed by atoms with Gasteiger partial charge in [0.25, 0.3) is 5.91 Å². The Bertz CT molecular complexity index is 776. The van der Waals surface area contributed by atoms with Crippen molar-refractivity contribution in [2.24, 2.45) is 0 Å². The lowest BCUT2D eigenvalue weighted by atomic mass is 9.94. The number of aromatic nitrogens is 2. The van der Waals surface area contributed by atoms with Gasteiger partial charge in [0.1, 0.15) is 4.34 Å². The molecule has 0 bridgehead atoms. The Labute approximate surface area is 149 Å². The SMILES string of the molecule is Cc1csc(SC2CCC(NC(=O)c3cc(C)[nH]c(=O)c3)CC2)n1. The molecular weight excluding hydrogens is 342 g/mol. The molecule has 128 valence electrons. The van der Waals surface area contributed by atoms with E-state index in [-0.39, 0.29) is 17.5 Å². The first-order valence-electron chi connectivity index (χ1n) is 8.10. The van der Waals surface area contributed by atoms with E-state index in [2.05, 4.69) is 20.7 Å². The van der Waals surface area contributed by atoms with Gasteiger partial charge in [-0.3, -0.25) is 9.59 Å². The third-order valence-corrected chi connectivity index (χ3v) is 6.54. The highest BCUT2D eigenvalue weighted by Gasteiger charge is 2.24. The van der Waals surface area contributed by atoms with E-state index in [0.717, 1.165) is 35.7 Å². The molecule has 0 atom stereocenters. The fourth-order valence-corrected chi connectivity index (χ4v) is 5.22. The molecule has 0 unspecified atom stereocenters. The fraction of sp³-hybridized carbons (Fsp3) is 0.471. The first kappa shape index (κ1) is 17.2. The summed E-state index contributed by atoms with van der Waals surface area (Å²) in [4.78, 5) is 31.0. The number of nitrogens with zero attached hydrogens (tertiary/aromatic N) is 1. The van der Waals surface area contributed by atoms with Crippen LogP contribution in [0.5, 0.6) is 0 Å². The van der Waals surface area contributed by atoms with Crippen molar-refractivity contribution >= 4 is 29.0 Å². The number of thiazole rings is 1. The Morgan fingerprint density at radius 2 is 2.04 bits per heavy atom. The van der Waals surface area contributed by atoms with E-state index in [1.807, 2.05) is 18.7 Å². The van der Waals surface area contributed by atoms with Crippen LogP contribution in [0.25, 0.3) is 0 Å². The van der Waals surface area contributed by atoms with Gasteiger partial charge in [0, 0.05) is 39.7 Å². The number of aryl methyl sites for hydroxylation is 2. The minimum atomic E-state index is -0.237. The van der Waals surface area contributed by atoms with Crippen LogP contribution < -0.4 is 10.9 Å². The lowest BCUT2D eigenvalue weighted by Crippen LogP contribution is -2.38. The van der Waals surface area contributed by atoms with Gasteiger partial charge in [0.15, 0.2) is 0 Å². The van der Waals surface area contributed by atoms with E-state index in [1.54, 1.807) is 24.3 Å². The number of rotatable bonds is 4. The molecule has 2 aromatic heterocycles. The number of hydrogen-bond donors (Lipinski definition) is 2. The summed E-state index contributed by atoms with van der Waals surface area (Å²) in [5, 5.41) is 5.72. The minimum Gasteiger partial charge on any atom is -0.349 e. The zero-order chi connectivity index (χ0) is 17.1. The zero-order valence-corrected chi connectivity index (χ0v) is 15.4. The van der Waals surface area contributed by atoms with Crippen molar-refractivity contribution in [3.63, 3.8) is 0 Å². The predicted molar refractivity (Wildman–Crippen MR) is 98.0 cm³/mol. The third kappa shape index (κ3) is 4.48. The smallest absolute Gasteiger partial charge is 0.251 e. The second-order valence-corrected chi connectivity index (χ2v) is 8.64. The van der Waals surface area contributed by atoms with Gasteiger partial charge in [-0.1, -0.05) is 11.8 Å². The quantitative estimate of drug-likeness (QED) is 0.874. The van der Waals surface area contributed by atoms with Gasteiger partial charge in [0.2, 0.25) is 5.56 Å². The molecule has 1 aliphatic rings. The lowest BCUT2D eigenvalue weighted by molar-refractivity contribution is 0.0928. The predicted octanol–water partition coefficient (Wildman–Crippen LogP) is 3.28. The maximum absolute atomic E-state index is 12.3. The van der Waals surface area contributed by atoms with Crippen LogP contribution in [0.2, 0.25) is 0 Å². The van der Waals surface area contributed by atoms with Gasteiger partial charge in [-0.05, 0) is 45.6 Å². The van der Waals surface area contributed by atoms with E-state index in [1.165, 1.54) is 6.07 Å². The molecule has 1 fully saturated rings. The first-order valence-corrected chi connectivity index (χ1v) is 9.86. The van der Waals surface area contributed by atoms with Crippen LogP contribution in [0, 0.1) is 13.8 Å². The van der Waals surface area contributed by atoms with Crippen molar-refractivity contribution in [1.82, 2.24) is 15.3 Å². The Morgan fingerprint density at radius 1 is 1.29 bits per heavy atom. The highest BCUT2D eigenvalue weighted by Crippen LogP contribution is 2.35.